The average molecular weight is 570 g/mol. The Morgan fingerprint density at radius 2 is 1.55 bits per heavy atom. The van der Waals surface area contributed by atoms with Gasteiger partial charge in [-0.25, -0.2) is 8.42 Å². The largest absolute Gasteiger partial charge is 0.334 e. The molecule has 0 atom stereocenters. The van der Waals surface area contributed by atoms with Crippen molar-refractivity contribution < 1.29 is 17.7 Å². The average Bonchev–Trinajstić information content (AvgIpc) is 3.51. The zero-order chi connectivity index (χ0) is 27.1. The van der Waals surface area contributed by atoms with Crippen LogP contribution in [0.2, 0.25) is 10.0 Å². The van der Waals surface area contributed by atoms with Crippen molar-refractivity contribution in [3.8, 4) is 11.5 Å². The molecule has 0 spiro atoms. The zero-order valence-corrected chi connectivity index (χ0v) is 23.3. The number of nitrogens with zero attached hydrogens (tertiary/aromatic N) is 2. The molecule has 0 unspecified atom stereocenters. The van der Waals surface area contributed by atoms with E-state index < -0.39 is 15.3 Å². The molecule has 5 rings (SSSR count). The van der Waals surface area contributed by atoms with E-state index in [1.165, 1.54) is 0 Å². The lowest BCUT2D eigenvalue weighted by Crippen LogP contribution is -2.13. The first-order chi connectivity index (χ1) is 18.1. The van der Waals surface area contributed by atoms with Gasteiger partial charge in [0.05, 0.1) is 16.1 Å². The molecule has 1 fully saturated rings. The summed E-state index contributed by atoms with van der Waals surface area (Å²) in [6.07, 6.45) is 1.92. The molecule has 1 aliphatic rings. The maximum atomic E-state index is 12.8. The molecular weight excluding hydrogens is 543 g/mol. The van der Waals surface area contributed by atoms with Gasteiger partial charge in [-0.05, 0) is 67.3 Å². The first-order valence-electron chi connectivity index (χ1n) is 12.3. The van der Waals surface area contributed by atoms with Crippen molar-refractivity contribution in [1.29, 1.82) is 0 Å². The molecule has 0 N–H and O–H groups in total. The highest BCUT2D eigenvalue weighted by molar-refractivity contribution is 7.91. The second-order valence-corrected chi connectivity index (χ2v) is 12.8. The van der Waals surface area contributed by atoms with E-state index in [2.05, 4.69) is 10.1 Å². The predicted octanol–water partition coefficient (Wildman–Crippen LogP) is 6.58. The van der Waals surface area contributed by atoms with Gasteiger partial charge >= 0.3 is 0 Å². The number of carbonyl (C=O) groups excluding carboxylic acids is 1. The lowest BCUT2D eigenvalue weighted by molar-refractivity contribution is -0.117. The predicted molar refractivity (Wildman–Crippen MR) is 148 cm³/mol. The number of benzene rings is 3. The lowest BCUT2D eigenvalue weighted by atomic mass is 9.92. The van der Waals surface area contributed by atoms with Crippen molar-refractivity contribution in [2.45, 2.75) is 49.8 Å². The van der Waals surface area contributed by atoms with Crippen molar-refractivity contribution in [2.24, 2.45) is 0 Å². The fourth-order valence-electron chi connectivity index (χ4n) is 4.63. The Hall–Kier alpha value is -3.00. The van der Waals surface area contributed by atoms with Gasteiger partial charge in [-0.15, -0.1) is 0 Å². The zero-order valence-electron chi connectivity index (χ0n) is 21.0. The number of Topliss-reactive ketones (excluding diaryl/α,β-unsaturated/α-hetero) is 1. The minimum absolute atomic E-state index is 0.0296. The fraction of sp³-hybridized carbons (Fsp3) is 0.276. The van der Waals surface area contributed by atoms with Crippen LogP contribution in [-0.4, -0.2) is 30.1 Å². The molecule has 1 aromatic heterocycles. The second-order valence-electron chi connectivity index (χ2n) is 9.75. The van der Waals surface area contributed by atoms with Crippen LogP contribution in [0.25, 0.3) is 11.5 Å². The Morgan fingerprint density at radius 1 is 0.947 bits per heavy atom. The van der Waals surface area contributed by atoms with Crippen molar-refractivity contribution in [3.05, 3.63) is 98.8 Å². The van der Waals surface area contributed by atoms with Crippen LogP contribution in [0.3, 0.4) is 0 Å². The van der Waals surface area contributed by atoms with E-state index in [1.807, 2.05) is 31.2 Å². The van der Waals surface area contributed by atoms with Crippen LogP contribution >= 0.6 is 23.2 Å². The van der Waals surface area contributed by atoms with Gasteiger partial charge in [0.15, 0.2) is 15.7 Å². The number of hydrogen-bond acceptors (Lipinski definition) is 6. The van der Waals surface area contributed by atoms with Gasteiger partial charge in [0, 0.05) is 34.0 Å². The topological polar surface area (TPSA) is 90.1 Å². The van der Waals surface area contributed by atoms with Crippen LogP contribution in [0.1, 0.15) is 47.8 Å². The number of aryl methyl sites for hydroxylation is 1. The molecule has 3 aromatic carbocycles. The molecule has 196 valence electrons. The molecule has 38 heavy (non-hydrogen) atoms. The third-order valence-electron chi connectivity index (χ3n) is 6.95. The van der Waals surface area contributed by atoms with E-state index in [0.29, 0.717) is 27.3 Å². The first-order valence-corrected chi connectivity index (χ1v) is 14.7. The van der Waals surface area contributed by atoms with Crippen LogP contribution in [0.15, 0.2) is 70.1 Å². The molecule has 9 heteroatoms. The van der Waals surface area contributed by atoms with Gasteiger partial charge < -0.3 is 4.52 Å². The van der Waals surface area contributed by atoms with Crippen LogP contribution in [0.5, 0.6) is 0 Å². The molecule has 4 aromatic rings. The lowest BCUT2D eigenvalue weighted by Gasteiger charge is -2.16. The quantitative estimate of drug-likeness (QED) is 0.226. The summed E-state index contributed by atoms with van der Waals surface area (Å²) < 4.78 is 29.6. The number of rotatable bonds is 9. The standard InChI is InChI=1S/C29H26Cl2N2O4S/c1-3-38(35,36)23-10-6-19(7-11-23)14-22(34)15-20-16-24(30)26(25(31)17-20)29(12-13-29)28-32-27(37-33-28)21-8-4-18(2)5-9-21/h4-11,16-17H,3,12-15H2,1-2H3. The number of aromatic nitrogens is 2. The summed E-state index contributed by atoms with van der Waals surface area (Å²) >= 11 is 13.5. The van der Waals surface area contributed by atoms with Gasteiger partial charge in [-0.3, -0.25) is 4.79 Å². The van der Waals surface area contributed by atoms with Crippen molar-refractivity contribution in [1.82, 2.24) is 10.1 Å². The molecule has 0 bridgehead atoms. The number of halogens is 2. The minimum Gasteiger partial charge on any atom is -0.334 e. The Kier molecular flexibility index (Phi) is 7.20. The van der Waals surface area contributed by atoms with Crippen molar-refractivity contribution in [3.63, 3.8) is 0 Å². The smallest absolute Gasteiger partial charge is 0.257 e. The van der Waals surface area contributed by atoms with Gasteiger partial charge in [-0.2, -0.15) is 4.98 Å². The molecule has 1 aliphatic carbocycles. The van der Waals surface area contributed by atoms with E-state index >= 15 is 0 Å². The van der Waals surface area contributed by atoms with E-state index in [9.17, 15) is 13.2 Å². The maximum absolute atomic E-state index is 12.8. The Morgan fingerprint density at radius 3 is 2.13 bits per heavy atom. The molecule has 0 saturated heterocycles. The molecule has 0 amide bonds. The summed E-state index contributed by atoms with van der Waals surface area (Å²) in [6.45, 7) is 3.62. The highest BCUT2D eigenvalue weighted by Crippen LogP contribution is 2.56. The van der Waals surface area contributed by atoms with E-state index in [1.54, 1.807) is 43.3 Å². The number of hydrogen-bond donors (Lipinski definition) is 0. The molecule has 0 radical (unpaired) electrons. The summed E-state index contributed by atoms with van der Waals surface area (Å²) in [5, 5.41) is 5.19. The van der Waals surface area contributed by atoms with E-state index in [4.69, 9.17) is 27.7 Å². The van der Waals surface area contributed by atoms with E-state index in [0.717, 1.165) is 35.1 Å². The highest BCUT2D eigenvalue weighted by Gasteiger charge is 2.52. The van der Waals surface area contributed by atoms with Crippen LogP contribution < -0.4 is 0 Å². The Balaban J connectivity index is 1.32. The third kappa shape index (κ3) is 5.28. The van der Waals surface area contributed by atoms with Gasteiger partial charge in [0.1, 0.15) is 5.78 Å². The second kappa shape index (κ2) is 10.3. The summed E-state index contributed by atoms with van der Waals surface area (Å²) in [6, 6.07) is 17.9. The van der Waals surface area contributed by atoms with Crippen LogP contribution in [0, 0.1) is 6.92 Å². The number of sulfone groups is 1. The monoisotopic (exact) mass is 568 g/mol. The third-order valence-corrected chi connectivity index (χ3v) is 9.29. The summed E-state index contributed by atoms with van der Waals surface area (Å²) in [5.41, 5.74) is 3.69. The molecule has 1 saturated carbocycles. The normalized spacial score (nSPS) is 14.4. The Labute approximate surface area is 231 Å². The summed E-state index contributed by atoms with van der Waals surface area (Å²) in [4.78, 5) is 17.7. The summed E-state index contributed by atoms with van der Waals surface area (Å²) in [5.74, 6) is 0.998. The summed E-state index contributed by atoms with van der Waals surface area (Å²) in [7, 11) is -3.28. The SMILES string of the molecule is CCS(=O)(=O)c1ccc(CC(=O)Cc2cc(Cl)c(C3(c4noc(-c5ccc(C)cc5)n4)CC3)c(Cl)c2)cc1. The van der Waals surface area contributed by atoms with E-state index in [-0.39, 0.29) is 29.3 Å². The maximum Gasteiger partial charge on any atom is 0.257 e. The minimum atomic E-state index is -3.28. The van der Waals surface area contributed by atoms with Crippen LogP contribution in [-0.2, 0) is 32.9 Å². The molecule has 6 nitrogen and oxygen atoms in total. The number of ketones is 1. The first kappa shape index (κ1) is 26.6. The van der Waals surface area contributed by atoms with Gasteiger partial charge in [0.2, 0.25) is 0 Å². The van der Waals surface area contributed by atoms with Crippen LogP contribution in [0.4, 0.5) is 0 Å². The molecule has 1 heterocycles. The highest BCUT2D eigenvalue weighted by atomic mass is 35.5. The fourth-order valence-corrected chi connectivity index (χ4v) is 6.40. The van der Waals surface area contributed by atoms with Crippen molar-refractivity contribution in [2.75, 3.05) is 5.75 Å². The van der Waals surface area contributed by atoms with Crippen molar-refractivity contribution >= 4 is 38.8 Å². The Bertz CT molecular complexity index is 1580. The van der Waals surface area contributed by atoms with Gasteiger partial charge in [-0.1, -0.05) is 65.1 Å². The number of carbonyl (C=O) groups is 1. The van der Waals surface area contributed by atoms with Gasteiger partial charge in [0.25, 0.3) is 5.89 Å². The molecule has 0 aliphatic heterocycles. The molecular formula is C29H26Cl2N2O4S.